The Morgan fingerprint density at radius 3 is 2.19 bits per heavy atom. The van der Waals surface area contributed by atoms with Gasteiger partial charge >= 0.3 is 13.2 Å². The summed E-state index contributed by atoms with van der Waals surface area (Å²) in [5.74, 6) is 0. The van der Waals surface area contributed by atoms with Gasteiger partial charge in [0.15, 0.2) is 0 Å². The summed E-state index contributed by atoms with van der Waals surface area (Å²) < 4.78 is 22.0. The van der Waals surface area contributed by atoms with E-state index in [1.165, 1.54) is 0 Å². The summed E-state index contributed by atoms with van der Waals surface area (Å²) in [4.78, 5) is 11.8. The van der Waals surface area contributed by atoms with Crippen molar-refractivity contribution in [1.29, 1.82) is 0 Å². The van der Waals surface area contributed by atoms with Crippen molar-refractivity contribution < 1.29 is 18.4 Å². The van der Waals surface area contributed by atoms with E-state index in [2.05, 4.69) is 5.32 Å². The Morgan fingerprint density at radius 1 is 1.25 bits per heavy atom. The molecule has 0 saturated heterocycles. The standard InChI is InChI=1S/C10H20NO4P/c1-3-14-16(13,15-4-2)10(12)11-9-7-5-6-8-9/h9H,3-8H2,1-2H3,(H,11,12). The summed E-state index contributed by atoms with van der Waals surface area (Å²) in [7, 11) is -3.61. The van der Waals surface area contributed by atoms with Gasteiger partial charge in [0, 0.05) is 6.04 Å². The van der Waals surface area contributed by atoms with Crippen LogP contribution < -0.4 is 5.32 Å². The number of hydrogen-bond acceptors (Lipinski definition) is 4. The van der Waals surface area contributed by atoms with Crippen molar-refractivity contribution >= 4 is 13.2 Å². The molecule has 0 unspecified atom stereocenters. The number of nitrogens with one attached hydrogen (secondary N) is 1. The van der Waals surface area contributed by atoms with Crippen molar-refractivity contribution in [3.8, 4) is 0 Å². The van der Waals surface area contributed by atoms with Gasteiger partial charge in [-0.15, -0.1) is 0 Å². The Hall–Kier alpha value is -0.380. The SMILES string of the molecule is CCOP(=O)(OCC)C(=O)NC1CCCC1. The molecule has 6 heteroatoms. The normalized spacial score (nSPS) is 17.6. The van der Waals surface area contributed by atoms with Crippen LogP contribution >= 0.6 is 7.60 Å². The van der Waals surface area contributed by atoms with E-state index in [1.807, 2.05) is 0 Å². The fraction of sp³-hybridized carbons (Fsp3) is 0.900. The second-order valence-corrected chi connectivity index (χ2v) is 5.68. The molecule has 1 rings (SSSR count). The minimum absolute atomic E-state index is 0.127. The highest BCUT2D eigenvalue weighted by atomic mass is 31.2. The van der Waals surface area contributed by atoms with Gasteiger partial charge in [-0.05, 0) is 26.7 Å². The van der Waals surface area contributed by atoms with Gasteiger partial charge in [-0.1, -0.05) is 12.8 Å². The molecule has 0 spiro atoms. The summed E-state index contributed by atoms with van der Waals surface area (Å²) >= 11 is 0. The average molecular weight is 249 g/mol. The van der Waals surface area contributed by atoms with Gasteiger partial charge in [0.1, 0.15) is 0 Å². The van der Waals surface area contributed by atoms with E-state index in [4.69, 9.17) is 9.05 Å². The molecular formula is C10H20NO4P. The maximum Gasteiger partial charge on any atom is 0.418 e. The molecule has 1 aliphatic carbocycles. The van der Waals surface area contributed by atoms with Gasteiger partial charge in [0.25, 0.3) is 0 Å². The van der Waals surface area contributed by atoms with E-state index in [9.17, 15) is 9.36 Å². The van der Waals surface area contributed by atoms with Crippen molar-refractivity contribution in [2.24, 2.45) is 0 Å². The van der Waals surface area contributed by atoms with Crippen LogP contribution in [0.1, 0.15) is 39.5 Å². The molecule has 0 heterocycles. The van der Waals surface area contributed by atoms with Crippen LogP contribution in [0.5, 0.6) is 0 Å². The fourth-order valence-electron chi connectivity index (χ4n) is 1.82. The first-order valence-electron chi connectivity index (χ1n) is 5.82. The van der Waals surface area contributed by atoms with E-state index in [0.717, 1.165) is 25.7 Å². The van der Waals surface area contributed by atoms with Crippen molar-refractivity contribution in [1.82, 2.24) is 5.32 Å². The molecule has 0 atom stereocenters. The third kappa shape index (κ3) is 3.58. The molecule has 0 aromatic carbocycles. The van der Waals surface area contributed by atoms with E-state index >= 15 is 0 Å². The molecule has 1 N–H and O–H groups in total. The van der Waals surface area contributed by atoms with Crippen LogP contribution in [0.2, 0.25) is 0 Å². The molecule has 5 nitrogen and oxygen atoms in total. The van der Waals surface area contributed by atoms with Crippen molar-refractivity contribution in [2.75, 3.05) is 13.2 Å². The zero-order valence-electron chi connectivity index (χ0n) is 9.90. The monoisotopic (exact) mass is 249 g/mol. The van der Waals surface area contributed by atoms with Gasteiger partial charge < -0.3 is 14.4 Å². The second-order valence-electron chi connectivity index (χ2n) is 3.76. The van der Waals surface area contributed by atoms with Crippen molar-refractivity contribution in [2.45, 2.75) is 45.6 Å². The number of hydrogen-bond donors (Lipinski definition) is 1. The van der Waals surface area contributed by atoms with Crippen LogP contribution in [0.4, 0.5) is 4.79 Å². The van der Waals surface area contributed by atoms with Gasteiger partial charge in [-0.25, -0.2) is 4.57 Å². The summed E-state index contributed by atoms with van der Waals surface area (Å²) in [6.07, 6.45) is 4.12. The molecule has 0 aliphatic heterocycles. The smallest absolute Gasteiger partial charge is 0.343 e. The van der Waals surface area contributed by atoms with Crippen LogP contribution in [0.3, 0.4) is 0 Å². The minimum Gasteiger partial charge on any atom is -0.343 e. The molecule has 1 fully saturated rings. The quantitative estimate of drug-likeness (QED) is 0.735. The van der Waals surface area contributed by atoms with Crippen LogP contribution in [-0.4, -0.2) is 24.9 Å². The summed E-state index contributed by atoms with van der Waals surface area (Å²) in [5, 5.41) is 2.74. The number of rotatable bonds is 6. The van der Waals surface area contributed by atoms with E-state index in [1.54, 1.807) is 13.8 Å². The molecule has 1 saturated carbocycles. The maximum absolute atomic E-state index is 12.0. The predicted molar refractivity (Wildman–Crippen MR) is 61.6 cm³/mol. The third-order valence-electron chi connectivity index (χ3n) is 2.53. The molecular weight excluding hydrogens is 229 g/mol. The highest BCUT2D eigenvalue weighted by Gasteiger charge is 2.35. The number of carbonyl (C=O) groups excluding carboxylic acids is 1. The first-order valence-corrected chi connectivity index (χ1v) is 7.36. The van der Waals surface area contributed by atoms with E-state index in [0.29, 0.717) is 0 Å². The lowest BCUT2D eigenvalue weighted by Gasteiger charge is -2.18. The first kappa shape index (κ1) is 13.7. The molecule has 1 aliphatic rings. The van der Waals surface area contributed by atoms with Gasteiger partial charge in [0.2, 0.25) is 0 Å². The van der Waals surface area contributed by atoms with Crippen molar-refractivity contribution in [3.63, 3.8) is 0 Å². The fourth-order valence-corrected chi connectivity index (χ4v) is 3.15. The molecule has 0 aromatic heterocycles. The van der Waals surface area contributed by atoms with E-state index < -0.39 is 13.2 Å². The topological polar surface area (TPSA) is 64.6 Å². The third-order valence-corrected chi connectivity index (χ3v) is 4.35. The molecule has 0 bridgehead atoms. The molecule has 0 aromatic rings. The van der Waals surface area contributed by atoms with Crippen LogP contribution in [0, 0.1) is 0 Å². The molecule has 16 heavy (non-hydrogen) atoms. The Balaban J connectivity index is 2.55. The molecule has 94 valence electrons. The van der Waals surface area contributed by atoms with Gasteiger partial charge in [0.05, 0.1) is 13.2 Å². The zero-order chi connectivity index (χ0) is 12.0. The number of amides is 1. The summed E-state index contributed by atoms with van der Waals surface area (Å²) in [6.45, 7) is 3.79. The maximum atomic E-state index is 12.0. The predicted octanol–water partition coefficient (Wildman–Crippen LogP) is 2.90. The van der Waals surface area contributed by atoms with Gasteiger partial charge in [-0.3, -0.25) is 4.79 Å². The summed E-state index contributed by atoms with van der Waals surface area (Å²) in [6, 6.07) is 0.127. The first-order chi connectivity index (χ1) is 7.62. The highest BCUT2D eigenvalue weighted by molar-refractivity contribution is 7.71. The lowest BCUT2D eigenvalue weighted by Crippen LogP contribution is -2.32. The van der Waals surface area contributed by atoms with Crippen LogP contribution in [-0.2, 0) is 13.6 Å². The van der Waals surface area contributed by atoms with Crippen LogP contribution in [0.25, 0.3) is 0 Å². The zero-order valence-corrected chi connectivity index (χ0v) is 10.8. The number of carbonyl (C=O) groups is 1. The Labute approximate surface area is 96.4 Å². The average Bonchev–Trinajstić information content (AvgIpc) is 2.71. The molecule has 1 amide bonds. The Bertz CT molecular complexity index is 266. The van der Waals surface area contributed by atoms with Crippen LogP contribution in [0.15, 0.2) is 0 Å². The lowest BCUT2D eigenvalue weighted by molar-refractivity contribution is 0.205. The Kier molecular flexibility index (Phi) is 5.46. The van der Waals surface area contributed by atoms with E-state index in [-0.39, 0.29) is 19.3 Å². The largest absolute Gasteiger partial charge is 0.418 e. The Morgan fingerprint density at radius 2 is 1.75 bits per heavy atom. The van der Waals surface area contributed by atoms with Gasteiger partial charge in [-0.2, -0.15) is 0 Å². The van der Waals surface area contributed by atoms with Crippen molar-refractivity contribution in [3.05, 3.63) is 0 Å². The molecule has 0 radical (unpaired) electrons. The second kappa shape index (κ2) is 6.38. The highest BCUT2D eigenvalue weighted by Crippen LogP contribution is 2.48. The minimum atomic E-state index is -3.61. The summed E-state index contributed by atoms with van der Waals surface area (Å²) in [5.41, 5.74) is -0.594. The lowest BCUT2D eigenvalue weighted by atomic mass is 10.3.